The van der Waals surface area contributed by atoms with Crippen molar-refractivity contribution in [2.45, 2.75) is 6.54 Å². The monoisotopic (exact) mass is 397 g/mol. The van der Waals surface area contributed by atoms with Gasteiger partial charge in [-0.25, -0.2) is 4.98 Å². The van der Waals surface area contributed by atoms with Crippen molar-refractivity contribution >= 4 is 15.9 Å². The van der Waals surface area contributed by atoms with E-state index >= 15 is 0 Å². The van der Waals surface area contributed by atoms with E-state index < -0.39 is 0 Å². The first-order valence-corrected chi connectivity index (χ1v) is 9.27. The summed E-state index contributed by atoms with van der Waals surface area (Å²) in [5.41, 5.74) is 4.57. The van der Waals surface area contributed by atoms with Crippen molar-refractivity contribution in [3.05, 3.63) is 64.8 Å². The van der Waals surface area contributed by atoms with E-state index in [9.17, 15) is 0 Å². The number of hydrogen-bond acceptors (Lipinski definition) is 3. The molecule has 0 saturated carbocycles. The summed E-state index contributed by atoms with van der Waals surface area (Å²) in [7, 11) is 0. The van der Waals surface area contributed by atoms with Crippen molar-refractivity contribution < 1.29 is 4.74 Å². The molecule has 0 amide bonds. The van der Waals surface area contributed by atoms with Gasteiger partial charge in [-0.1, -0.05) is 46.3 Å². The van der Waals surface area contributed by atoms with Gasteiger partial charge in [0.05, 0.1) is 25.1 Å². The molecule has 0 aliphatic carbocycles. The molecule has 5 heteroatoms. The lowest BCUT2D eigenvalue weighted by Crippen LogP contribution is -2.35. The van der Waals surface area contributed by atoms with Gasteiger partial charge in [0.1, 0.15) is 5.82 Å². The van der Waals surface area contributed by atoms with E-state index in [2.05, 4.69) is 67.2 Å². The van der Waals surface area contributed by atoms with Gasteiger partial charge in [0.25, 0.3) is 0 Å². The Hall–Kier alpha value is -1.95. The van der Waals surface area contributed by atoms with Gasteiger partial charge >= 0.3 is 0 Å². The molecule has 1 aliphatic rings. The molecule has 2 aromatic carbocycles. The predicted octanol–water partition coefficient (Wildman–Crippen LogP) is 4.34. The van der Waals surface area contributed by atoms with Crippen LogP contribution in [-0.2, 0) is 11.3 Å². The van der Waals surface area contributed by atoms with Crippen molar-refractivity contribution in [2.24, 2.45) is 0 Å². The first-order chi connectivity index (χ1) is 12.3. The van der Waals surface area contributed by atoms with Gasteiger partial charge in [-0.3, -0.25) is 4.90 Å². The lowest BCUT2D eigenvalue weighted by Gasteiger charge is -2.26. The summed E-state index contributed by atoms with van der Waals surface area (Å²) in [5, 5.41) is 0. The molecule has 2 heterocycles. The SMILES string of the molecule is Brc1cccc(-c2cnc(-c3cccc(CN4CCOCC4)c3)[nH]2)c1. The van der Waals surface area contributed by atoms with Crippen LogP contribution in [0, 0.1) is 0 Å². The largest absolute Gasteiger partial charge is 0.379 e. The number of benzene rings is 2. The number of rotatable bonds is 4. The van der Waals surface area contributed by atoms with Gasteiger partial charge in [-0.2, -0.15) is 0 Å². The molecule has 1 aromatic heterocycles. The van der Waals surface area contributed by atoms with Gasteiger partial charge in [-0.05, 0) is 23.8 Å². The van der Waals surface area contributed by atoms with Crippen molar-refractivity contribution in [3.63, 3.8) is 0 Å². The highest BCUT2D eigenvalue weighted by Crippen LogP contribution is 2.25. The van der Waals surface area contributed by atoms with Crippen LogP contribution in [0.3, 0.4) is 0 Å². The van der Waals surface area contributed by atoms with E-state index in [-0.39, 0.29) is 0 Å². The molecule has 4 rings (SSSR count). The van der Waals surface area contributed by atoms with Crippen LogP contribution >= 0.6 is 15.9 Å². The Kier molecular flexibility index (Phi) is 4.97. The third-order valence-electron chi connectivity index (χ3n) is 4.42. The number of hydrogen-bond donors (Lipinski definition) is 1. The van der Waals surface area contributed by atoms with E-state index in [1.54, 1.807) is 0 Å². The highest BCUT2D eigenvalue weighted by Gasteiger charge is 2.12. The molecule has 0 bridgehead atoms. The van der Waals surface area contributed by atoms with E-state index in [4.69, 9.17) is 4.74 Å². The lowest BCUT2D eigenvalue weighted by atomic mass is 10.1. The quantitative estimate of drug-likeness (QED) is 0.711. The third kappa shape index (κ3) is 4.00. The topological polar surface area (TPSA) is 41.2 Å². The Morgan fingerprint density at radius 3 is 2.68 bits per heavy atom. The Labute approximate surface area is 156 Å². The van der Waals surface area contributed by atoms with Gasteiger partial charge in [0, 0.05) is 35.2 Å². The molecule has 1 saturated heterocycles. The molecular weight excluding hydrogens is 378 g/mol. The molecule has 1 aliphatic heterocycles. The average Bonchev–Trinajstić information content (AvgIpc) is 3.13. The third-order valence-corrected chi connectivity index (χ3v) is 4.91. The summed E-state index contributed by atoms with van der Waals surface area (Å²) >= 11 is 3.52. The molecule has 0 unspecified atom stereocenters. The smallest absolute Gasteiger partial charge is 0.137 e. The highest BCUT2D eigenvalue weighted by molar-refractivity contribution is 9.10. The summed E-state index contributed by atoms with van der Waals surface area (Å²) in [6, 6.07) is 16.8. The van der Waals surface area contributed by atoms with Gasteiger partial charge < -0.3 is 9.72 Å². The molecular formula is C20H20BrN3O. The number of halogens is 1. The van der Waals surface area contributed by atoms with Crippen LogP contribution in [0.25, 0.3) is 22.6 Å². The average molecular weight is 398 g/mol. The molecule has 0 radical (unpaired) electrons. The fourth-order valence-electron chi connectivity index (χ4n) is 3.11. The fraction of sp³-hybridized carbons (Fsp3) is 0.250. The minimum atomic E-state index is 0.827. The Bertz CT molecular complexity index is 855. The molecule has 3 aromatic rings. The van der Waals surface area contributed by atoms with Crippen LogP contribution in [0.2, 0.25) is 0 Å². The molecule has 25 heavy (non-hydrogen) atoms. The van der Waals surface area contributed by atoms with Crippen molar-refractivity contribution in [2.75, 3.05) is 26.3 Å². The normalized spacial score (nSPS) is 15.4. The van der Waals surface area contributed by atoms with Crippen LogP contribution in [0.4, 0.5) is 0 Å². The highest BCUT2D eigenvalue weighted by atomic mass is 79.9. The van der Waals surface area contributed by atoms with Gasteiger partial charge in [0.15, 0.2) is 0 Å². The number of ether oxygens (including phenoxy) is 1. The molecule has 0 spiro atoms. The lowest BCUT2D eigenvalue weighted by molar-refractivity contribution is 0.0342. The summed E-state index contributed by atoms with van der Waals surface area (Å²) in [6.07, 6.45) is 1.89. The second-order valence-electron chi connectivity index (χ2n) is 6.24. The van der Waals surface area contributed by atoms with E-state index in [0.717, 1.165) is 60.0 Å². The maximum atomic E-state index is 5.42. The first-order valence-electron chi connectivity index (χ1n) is 8.48. The maximum absolute atomic E-state index is 5.42. The minimum Gasteiger partial charge on any atom is -0.379 e. The zero-order valence-electron chi connectivity index (χ0n) is 13.9. The molecule has 0 atom stereocenters. The fourth-order valence-corrected chi connectivity index (χ4v) is 3.50. The number of nitrogens with zero attached hydrogens (tertiary/aromatic N) is 2. The van der Waals surface area contributed by atoms with E-state index in [1.165, 1.54) is 5.56 Å². The molecule has 4 nitrogen and oxygen atoms in total. The Morgan fingerprint density at radius 2 is 1.84 bits per heavy atom. The first kappa shape index (κ1) is 16.5. The Balaban J connectivity index is 1.55. The Morgan fingerprint density at radius 1 is 1.04 bits per heavy atom. The standard InChI is InChI=1S/C20H20BrN3O/c21-18-6-2-4-16(12-18)19-13-22-20(23-19)17-5-1-3-15(11-17)14-24-7-9-25-10-8-24/h1-6,11-13H,7-10,14H2,(H,22,23). The van der Waals surface area contributed by atoms with E-state index in [0.29, 0.717) is 0 Å². The van der Waals surface area contributed by atoms with Crippen LogP contribution < -0.4 is 0 Å². The maximum Gasteiger partial charge on any atom is 0.137 e. The van der Waals surface area contributed by atoms with Gasteiger partial charge in [0.2, 0.25) is 0 Å². The summed E-state index contributed by atoms with van der Waals surface area (Å²) in [6.45, 7) is 4.61. The zero-order valence-corrected chi connectivity index (χ0v) is 15.5. The summed E-state index contributed by atoms with van der Waals surface area (Å²) in [4.78, 5) is 10.4. The number of aromatic nitrogens is 2. The van der Waals surface area contributed by atoms with Crippen LogP contribution in [0.1, 0.15) is 5.56 Å². The second-order valence-corrected chi connectivity index (χ2v) is 7.16. The zero-order chi connectivity index (χ0) is 17.1. The number of imidazole rings is 1. The number of aromatic amines is 1. The number of nitrogens with one attached hydrogen (secondary N) is 1. The summed E-state index contributed by atoms with van der Waals surface area (Å²) in [5.74, 6) is 0.902. The number of H-pyrrole nitrogens is 1. The van der Waals surface area contributed by atoms with Crippen LogP contribution in [0.5, 0.6) is 0 Å². The summed E-state index contributed by atoms with van der Waals surface area (Å²) < 4.78 is 6.49. The van der Waals surface area contributed by atoms with Crippen LogP contribution in [0.15, 0.2) is 59.2 Å². The van der Waals surface area contributed by atoms with E-state index in [1.807, 2.05) is 18.3 Å². The molecule has 1 N–H and O–H groups in total. The van der Waals surface area contributed by atoms with Crippen molar-refractivity contribution in [1.82, 2.24) is 14.9 Å². The van der Waals surface area contributed by atoms with Gasteiger partial charge in [-0.15, -0.1) is 0 Å². The van der Waals surface area contributed by atoms with Crippen molar-refractivity contribution in [3.8, 4) is 22.6 Å². The predicted molar refractivity (Wildman–Crippen MR) is 103 cm³/mol. The van der Waals surface area contributed by atoms with Crippen LogP contribution in [-0.4, -0.2) is 41.2 Å². The molecule has 128 valence electrons. The van der Waals surface area contributed by atoms with Crippen molar-refractivity contribution in [1.29, 1.82) is 0 Å². The second kappa shape index (κ2) is 7.52. The number of morpholine rings is 1. The minimum absolute atomic E-state index is 0.827. The molecule has 1 fully saturated rings.